The Kier molecular flexibility index (Phi) is 1.13. The summed E-state index contributed by atoms with van der Waals surface area (Å²) in [5.74, 6) is 1.05. The molecular weight excluding hydrogens is 182 g/mol. The summed E-state index contributed by atoms with van der Waals surface area (Å²) in [6.45, 7) is 0. The highest BCUT2D eigenvalue weighted by Crippen LogP contribution is 2.50. The minimum atomic E-state index is -0.364. The Morgan fingerprint density at radius 2 is 2.36 bits per heavy atom. The molecule has 0 saturated heterocycles. The predicted octanol–water partition coefficient (Wildman–Crippen LogP) is 0.783. The van der Waals surface area contributed by atoms with E-state index >= 15 is 0 Å². The average Bonchev–Trinajstić information content (AvgIpc) is 2.84. The zero-order valence-electron chi connectivity index (χ0n) is 7.83. The lowest BCUT2D eigenvalue weighted by molar-refractivity contribution is -0.118. The quantitative estimate of drug-likeness (QED) is 0.638. The van der Waals surface area contributed by atoms with E-state index in [0.717, 1.165) is 12.8 Å². The van der Waals surface area contributed by atoms with Gasteiger partial charge in [0.25, 0.3) is 0 Å². The van der Waals surface area contributed by atoms with Gasteiger partial charge in [0.2, 0.25) is 11.8 Å². The minimum absolute atomic E-state index is 0.0494. The first-order chi connectivity index (χ1) is 6.63. The maximum Gasteiger partial charge on any atom is 0.250 e. The Morgan fingerprint density at radius 1 is 1.64 bits per heavy atom. The summed E-state index contributed by atoms with van der Waals surface area (Å²) in [4.78, 5) is 13.6. The first kappa shape index (κ1) is 7.73. The summed E-state index contributed by atoms with van der Waals surface area (Å²) in [6, 6.07) is 1.64. The van der Waals surface area contributed by atoms with Crippen molar-refractivity contribution < 1.29 is 9.21 Å². The van der Waals surface area contributed by atoms with Gasteiger partial charge in [0, 0.05) is 13.1 Å². The molecule has 5 nitrogen and oxygen atoms in total. The summed E-state index contributed by atoms with van der Waals surface area (Å²) in [6.07, 6.45) is 1.77. The molecule has 1 aromatic heterocycles. The molecule has 74 valence electrons. The Balaban J connectivity index is 2.13. The monoisotopic (exact) mass is 193 g/mol. The van der Waals surface area contributed by atoms with E-state index < -0.39 is 0 Å². The molecule has 3 rings (SSSR count). The number of hydrogen-bond acceptors (Lipinski definition) is 4. The Labute approximate surface area is 80.8 Å². The van der Waals surface area contributed by atoms with Crippen LogP contribution >= 0.6 is 0 Å². The van der Waals surface area contributed by atoms with Gasteiger partial charge >= 0.3 is 0 Å². The standard InChI is InChI=1S/C9H11N3O2/c1-12-7-5(4-6(10)14-7)11-8(13)9(12)2-3-9/h4H,2-3,10H2,1H3,(H,11,13). The van der Waals surface area contributed by atoms with E-state index in [-0.39, 0.29) is 11.4 Å². The van der Waals surface area contributed by atoms with Crippen LogP contribution in [-0.2, 0) is 4.79 Å². The van der Waals surface area contributed by atoms with Crippen LogP contribution in [0.4, 0.5) is 17.5 Å². The van der Waals surface area contributed by atoms with E-state index in [9.17, 15) is 4.79 Å². The van der Waals surface area contributed by atoms with Crippen LogP contribution < -0.4 is 16.0 Å². The van der Waals surface area contributed by atoms with Gasteiger partial charge in [-0.15, -0.1) is 0 Å². The number of hydrogen-bond donors (Lipinski definition) is 2. The van der Waals surface area contributed by atoms with Gasteiger partial charge in [-0.05, 0) is 12.8 Å². The van der Waals surface area contributed by atoms with Crippen molar-refractivity contribution in [3.05, 3.63) is 6.07 Å². The second kappa shape index (κ2) is 2.05. The zero-order valence-corrected chi connectivity index (χ0v) is 7.83. The molecule has 2 heterocycles. The van der Waals surface area contributed by atoms with Crippen LogP contribution in [0.15, 0.2) is 10.5 Å². The van der Waals surface area contributed by atoms with Crippen LogP contribution in [0.5, 0.6) is 0 Å². The molecule has 1 spiro atoms. The number of fused-ring (bicyclic) bond motifs is 1. The van der Waals surface area contributed by atoms with E-state index in [2.05, 4.69) is 5.32 Å². The molecule has 5 heteroatoms. The number of amides is 1. The highest BCUT2D eigenvalue weighted by Gasteiger charge is 2.57. The molecule has 3 N–H and O–H groups in total. The van der Waals surface area contributed by atoms with Gasteiger partial charge in [0.1, 0.15) is 11.2 Å². The summed E-state index contributed by atoms with van der Waals surface area (Å²) in [5.41, 5.74) is 5.84. The third kappa shape index (κ3) is 0.724. The van der Waals surface area contributed by atoms with E-state index in [1.54, 1.807) is 6.07 Å². The van der Waals surface area contributed by atoms with Crippen LogP contribution in [0.3, 0.4) is 0 Å². The van der Waals surface area contributed by atoms with E-state index in [1.165, 1.54) is 0 Å². The molecule has 2 aliphatic rings. The lowest BCUT2D eigenvalue weighted by atomic mass is 10.1. The number of rotatable bonds is 0. The number of furan rings is 1. The fourth-order valence-electron chi connectivity index (χ4n) is 2.00. The summed E-state index contributed by atoms with van der Waals surface area (Å²) in [5, 5.41) is 2.81. The fourth-order valence-corrected chi connectivity index (χ4v) is 2.00. The van der Waals surface area contributed by atoms with Crippen molar-refractivity contribution in [1.29, 1.82) is 0 Å². The van der Waals surface area contributed by atoms with Gasteiger partial charge in [-0.2, -0.15) is 0 Å². The molecule has 0 aromatic carbocycles. The van der Waals surface area contributed by atoms with Gasteiger partial charge in [0.15, 0.2) is 5.88 Å². The van der Waals surface area contributed by atoms with Crippen molar-refractivity contribution in [2.75, 3.05) is 23.0 Å². The number of nitrogens with zero attached hydrogens (tertiary/aromatic N) is 1. The first-order valence-electron chi connectivity index (χ1n) is 4.58. The second-order valence-electron chi connectivity index (χ2n) is 3.91. The number of likely N-dealkylation sites (N-methyl/N-ethyl adjacent to an activating group) is 1. The molecule has 1 amide bonds. The summed E-state index contributed by atoms with van der Waals surface area (Å²) < 4.78 is 5.33. The van der Waals surface area contributed by atoms with Crippen molar-refractivity contribution in [2.45, 2.75) is 18.4 Å². The molecule has 0 bridgehead atoms. The zero-order chi connectivity index (χ0) is 9.92. The Hall–Kier alpha value is -1.65. The van der Waals surface area contributed by atoms with Crippen molar-refractivity contribution in [3.63, 3.8) is 0 Å². The number of carbonyl (C=O) groups is 1. The molecule has 0 unspecified atom stereocenters. The molecule has 1 aromatic rings. The fraction of sp³-hybridized carbons (Fsp3) is 0.444. The van der Waals surface area contributed by atoms with E-state index in [0.29, 0.717) is 17.5 Å². The van der Waals surface area contributed by atoms with Crippen molar-refractivity contribution in [3.8, 4) is 0 Å². The molecule has 1 fully saturated rings. The van der Waals surface area contributed by atoms with Crippen molar-refractivity contribution >= 4 is 23.4 Å². The molecular formula is C9H11N3O2. The molecule has 14 heavy (non-hydrogen) atoms. The average molecular weight is 193 g/mol. The van der Waals surface area contributed by atoms with Crippen LogP contribution in [-0.4, -0.2) is 18.5 Å². The van der Waals surface area contributed by atoms with Crippen LogP contribution in [0.25, 0.3) is 0 Å². The van der Waals surface area contributed by atoms with Crippen LogP contribution in [0.1, 0.15) is 12.8 Å². The third-order valence-corrected chi connectivity index (χ3v) is 3.07. The topological polar surface area (TPSA) is 71.5 Å². The Morgan fingerprint density at radius 3 is 3.00 bits per heavy atom. The Bertz CT molecular complexity index is 420. The normalized spacial score (nSPS) is 22.1. The van der Waals surface area contributed by atoms with E-state index in [4.69, 9.17) is 10.2 Å². The molecule has 1 saturated carbocycles. The summed E-state index contributed by atoms with van der Waals surface area (Å²) in [7, 11) is 1.87. The highest BCUT2D eigenvalue weighted by atomic mass is 16.4. The second-order valence-corrected chi connectivity index (χ2v) is 3.91. The molecule has 1 aliphatic heterocycles. The number of anilines is 3. The van der Waals surface area contributed by atoms with Crippen LogP contribution in [0, 0.1) is 0 Å². The molecule has 1 aliphatic carbocycles. The predicted molar refractivity (Wildman–Crippen MR) is 52.1 cm³/mol. The number of nitrogens with one attached hydrogen (secondary N) is 1. The smallest absolute Gasteiger partial charge is 0.250 e. The molecule has 0 atom stereocenters. The maximum absolute atomic E-state index is 11.7. The van der Waals surface area contributed by atoms with Crippen molar-refractivity contribution in [2.24, 2.45) is 0 Å². The van der Waals surface area contributed by atoms with Crippen molar-refractivity contribution in [1.82, 2.24) is 0 Å². The number of nitrogens with two attached hydrogens (primary N) is 1. The highest BCUT2D eigenvalue weighted by molar-refractivity contribution is 6.08. The first-order valence-corrected chi connectivity index (χ1v) is 4.58. The van der Waals surface area contributed by atoms with Gasteiger partial charge in [0.05, 0.1) is 0 Å². The molecule has 0 radical (unpaired) electrons. The summed E-state index contributed by atoms with van der Waals surface area (Å²) >= 11 is 0. The maximum atomic E-state index is 11.7. The number of carbonyl (C=O) groups excluding carboxylic acids is 1. The van der Waals surface area contributed by atoms with E-state index in [1.807, 2.05) is 11.9 Å². The largest absolute Gasteiger partial charge is 0.423 e. The number of nitrogen functional groups attached to an aromatic ring is 1. The third-order valence-electron chi connectivity index (χ3n) is 3.07. The van der Waals surface area contributed by atoms with Gasteiger partial charge in [-0.3, -0.25) is 4.79 Å². The lowest BCUT2D eigenvalue weighted by Crippen LogP contribution is -2.47. The van der Waals surface area contributed by atoms with Gasteiger partial charge in [-0.25, -0.2) is 0 Å². The lowest BCUT2D eigenvalue weighted by Gasteiger charge is -2.31. The SMILES string of the molecule is CN1c2oc(N)cc2NC(=O)C12CC2. The van der Waals surface area contributed by atoms with Crippen LogP contribution in [0.2, 0.25) is 0 Å². The van der Waals surface area contributed by atoms with Gasteiger partial charge < -0.3 is 20.4 Å². The van der Waals surface area contributed by atoms with Gasteiger partial charge in [-0.1, -0.05) is 0 Å². The minimum Gasteiger partial charge on any atom is -0.423 e.